The highest BCUT2D eigenvalue weighted by Gasteiger charge is 2.22. The van der Waals surface area contributed by atoms with Crippen LogP contribution >= 0.6 is 0 Å². The average molecular weight is 343 g/mol. The lowest BCUT2D eigenvalue weighted by molar-refractivity contribution is -0.130. The number of ketones is 1. The summed E-state index contributed by atoms with van der Waals surface area (Å²) in [6.45, 7) is 3.33. The van der Waals surface area contributed by atoms with E-state index in [1.165, 1.54) is 0 Å². The molecule has 0 heterocycles. The van der Waals surface area contributed by atoms with Crippen LogP contribution in [-0.2, 0) is 19.2 Å². The van der Waals surface area contributed by atoms with Crippen molar-refractivity contribution in [2.75, 3.05) is 26.2 Å². The first kappa shape index (κ1) is 22.0. The maximum Gasteiger partial charge on any atom is 0.239 e. The van der Waals surface area contributed by atoms with Gasteiger partial charge in [0, 0.05) is 5.92 Å². The van der Waals surface area contributed by atoms with Crippen LogP contribution in [0.2, 0.25) is 0 Å². The summed E-state index contributed by atoms with van der Waals surface area (Å²) in [5, 5.41) is 7.29. The molecule has 0 aromatic rings. The Hall–Kier alpha value is -2.00. The van der Waals surface area contributed by atoms with Crippen molar-refractivity contribution < 1.29 is 19.2 Å². The predicted octanol–water partition coefficient (Wildman–Crippen LogP) is -1.98. The molecule has 24 heavy (non-hydrogen) atoms. The van der Waals surface area contributed by atoms with Gasteiger partial charge in [0.2, 0.25) is 17.7 Å². The highest BCUT2D eigenvalue weighted by Crippen LogP contribution is 2.07. The van der Waals surface area contributed by atoms with E-state index >= 15 is 0 Å². The summed E-state index contributed by atoms with van der Waals surface area (Å²) in [5.74, 6) is -1.68. The van der Waals surface area contributed by atoms with Crippen LogP contribution in [0.1, 0.15) is 33.1 Å². The highest BCUT2D eigenvalue weighted by atomic mass is 16.2. The van der Waals surface area contributed by atoms with E-state index in [9.17, 15) is 19.2 Å². The molecule has 7 N–H and O–H groups in total. The van der Waals surface area contributed by atoms with Crippen LogP contribution in [0.25, 0.3) is 0 Å². The van der Waals surface area contributed by atoms with E-state index in [1.54, 1.807) is 13.8 Å². The van der Waals surface area contributed by atoms with E-state index in [4.69, 9.17) is 11.5 Å². The first-order valence-electron chi connectivity index (χ1n) is 8.08. The van der Waals surface area contributed by atoms with Crippen LogP contribution in [0.5, 0.6) is 0 Å². The van der Waals surface area contributed by atoms with Gasteiger partial charge in [-0.2, -0.15) is 0 Å². The van der Waals surface area contributed by atoms with Gasteiger partial charge < -0.3 is 27.4 Å². The minimum Gasteiger partial charge on any atom is -0.346 e. The molecule has 9 heteroatoms. The van der Waals surface area contributed by atoms with E-state index in [2.05, 4.69) is 16.0 Å². The van der Waals surface area contributed by atoms with Crippen LogP contribution in [0.3, 0.4) is 0 Å². The topological polar surface area (TPSA) is 156 Å². The summed E-state index contributed by atoms with van der Waals surface area (Å²) in [6, 6.07) is -0.585. The fraction of sp³-hybridized carbons (Fsp3) is 0.733. The number of nitrogens with two attached hydrogens (primary N) is 2. The Bertz CT molecular complexity index is 440. The molecule has 0 aliphatic carbocycles. The Kier molecular flexibility index (Phi) is 11.4. The van der Waals surface area contributed by atoms with E-state index in [-0.39, 0.29) is 31.3 Å². The highest BCUT2D eigenvalue weighted by molar-refractivity contribution is 5.92. The third kappa shape index (κ3) is 9.90. The molecule has 0 aliphatic rings. The van der Waals surface area contributed by atoms with Crippen molar-refractivity contribution in [1.29, 1.82) is 0 Å². The minimum atomic E-state index is -0.585. The zero-order valence-electron chi connectivity index (χ0n) is 14.4. The second kappa shape index (κ2) is 12.4. The third-order valence-electron chi connectivity index (χ3n) is 3.27. The van der Waals surface area contributed by atoms with Gasteiger partial charge in [-0.1, -0.05) is 13.8 Å². The molecule has 0 saturated heterocycles. The van der Waals surface area contributed by atoms with Crippen LogP contribution in [0.4, 0.5) is 0 Å². The maximum atomic E-state index is 12.1. The van der Waals surface area contributed by atoms with E-state index in [1.807, 2.05) is 0 Å². The third-order valence-corrected chi connectivity index (χ3v) is 3.27. The molecule has 1 atom stereocenters. The molecule has 0 saturated carbocycles. The Morgan fingerprint density at radius 2 is 1.46 bits per heavy atom. The molecule has 0 bridgehead atoms. The van der Waals surface area contributed by atoms with E-state index in [0.29, 0.717) is 13.0 Å². The van der Waals surface area contributed by atoms with Gasteiger partial charge in [-0.15, -0.1) is 0 Å². The average Bonchev–Trinajstić information content (AvgIpc) is 2.56. The van der Waals surface area contributed by atoms with Gasteiger partial charge in [0.15, 0.2) is 5.78 Å². The monoisotopic (exact) mass is 343 g/mol. The lowest BCUT2D eigenvalue weighted by Gasteiger charge is -2.19. The minimum absolute atomic E-state index is 0.0538. The number of hydrogen-bond acceptors (Lipinski definition) is 6. The molecular weight excluding hydrogens is 314 g/mol. The normalized spacial score (nSPS) is 11.7. The van der Waals surface area contributed by atoms with Gasteiger partial charge in [-0.3, -0.25) is 19.2 Å². The molecule has 0 rings (SSSR count). The summed E-state index contributed by atoms with van der Waals surface area (Å²) in [5.41, 5.74) is 10.5. The number of carbonyl (C=O) groups excluding carboxylic acids is 4. The standard InChI is InChI=1S/C15H29N5O4/c1-10(2)15(24)11(5-3-4-6-16)20-14(23)9-19-13(22)8-18-12(21)7-17/h10-11H,3-9,16-17H2,1-2H3,(H,18,21)(H,19,22)(H,20,23)/t11-/m0/s1. The number of rotatable bonds is 12. The molecule has 3 amide bonds. The number of Topliss-reactive ketones (excluding diaryl/α,β-unsaturated/α-hetero) is 1. The van der Waals surface area contributed by atoms with Crippen molar-refractivity contribution in [3.05, 3.63) is 0 Å². The smallest absolute Gasteiger partial charge is 0.239 e. The van der Waals surface area contributed by atoms with Crippen LogP contribution in [0, 0.1) is 5.92 Å². The molecule has 0 aromatic heterocycles. The van der Waals surface area contributed by atoms with Crippen molar-refractivity contribution in [3.63, 3.8) is 0 Å². The Morgan fingerprint density at radius 1 is 0.875 bits per heavy atom. The van der Waals surface area contributed by atoms with Crippen molar-refractivity contribution in [1.82, 2.24) is 16.0 Å². The zero-order valence-corrected chi connectivity index (χ0v) is 14.4. The summed E-state index contributed by atoms with van der Waals surface area (Å²) < 4.78 is 0. The van der Waals surface area contributed by atoms with Crippen molar-refractivity contribution >= 4 is 23.5 Å². The Balaban J connectivity index is 4.32. The number of unbranched alkanes of at least 4 members (excludes halogenated alkanes) is 1. The van der Waals surface area contributed by atoms with Gasteiger partial charge in [0.25, 0.3) is 0 Å². The summed E-state index contributed by atoms with van der Waals surface area (Å²) in [7, 11) is 0. The van der Waals surface area contributed by atoms with Gasteiger partial charge in [-0.05, 0) is 25.8 Å². The van der Waals surface area contributed by atoms with Gasteiger partial charge in [-0.25, -0.2) is 0 Å². The lowest BCUT2D eigenvalue weighted by Crippen LogP contribution is -2.48. The van der Waals surface area contributed by atoms with Crippen molar-refractivity contribution in [3.8, 4) is 0 Å². The summed E-state index contributed by atoms with van der Waals surface area (Å²) in [6.07, 6.45) is 2.02. The van der Waals surface area contributed by atoms with Crippen LogP contribution in [-0.4, -0.2) is 55.7 Å². The second-order valence-electron chi connectivity index (χ2n) is 5.72. The molecule has 0 unspecified atom stereocenters. The quantitative estimate of drug-likeness (QED) is 0.258. The molecule has 0 aromatic carbocycles. The van der Waals surface area contributed by atoms with Crippen molar-refractivity contribution in [2.45, 2.75) is 39.2 Å². The fourth-order valence-electron chi connectivity index (χ4n) is 1.92. The maximum absolute atomic E-state index is 12.1. The number of amides is 3. The molecule has 138 valence electrons. The lowest BCUT2D eigenvalue weighted by atomic mass is 9.97. The van der Waals surface area contributed by atoms with Gasteiger partial charge >= 0.3 is 0 Å². The SMILES string of the molecule is CC(C)C(=O)[C@H](CCCCN)NC(=O)CNC(=O)CNC(=O)CN. The van der Waals surface area contributed by atoms with Crippen LogP contribution in [0.15, 0.2) is 0 Å². The molecule has 0 aliphatic heterocycles. The van der Waals surface area contributed by atoms with E-state index < -0.39 is 23.8 Å². The molecule has 0 fully saturated rings. The zero-order chi connectivity index (χ0) is 18.5. The number of carbonyl (C=O) groups is 4. The molecule has 9 nitrogen and oxygen atoms in total. The Labute approximate surface area is 142 Å². The Morgan fingerprint density at radius 3 is 2.00 bits per heavy atom. The first-order chi connectivity index (χ1) is 11.3. The van der Waals surface area contributed by atoms with E-state index in [0.717, 1.165) is 12.8 Å². The molecule has 0 spiro atoms. The van der Waals surface area contributed by atoms with Crippen LogP contribution < -0.4 is 27.4 Å². The molecular formula is C15H29N5O4. The van der Waals surface area contributed by atoms with Crippen molar-refractivity contribution in [2.24, 2.45) is 17.4 Å². The number of nitrogens with one attached hydrogen (secondary N) is 3. The number of hydrogen-bond donors (Lipinski definition) is 5. The largest absolute Gasteiger partial charge is 0.346 e. The second-order valence-corrected chi connectivity index (χ2v) is 5.72. The fourth-order valence-corrected chi connectivity index (χ4v) is 1.92. The van der Waals surface area contributed by atoms with Gasteiger partial charge in [0.05, 0.1) is 25.7 Å². The summed E-state index contributed by atoms with van der Waals surface area (Å²) >= 11 is 0. The predicted molar refractivity (Wildman–Crippen MR) is 89.8 cm³/mol. The molecule has 0 radical (unpaired) electrons. The summed E-state index contributed by atoms with van der Waals surface area (Å²) in [4.78, 5) is 46.4. The van der Waals surface area contributed by atoms with Gasteiger partial charge in [0.1, 0.15) is 0 Å². The first-order valence-corrected chi connectivity index (χ1v) is 8.08.